The summed E-state index contributed by atoms with van der Waals surface area (Å²) >= 11 is 0. The summed E-state index contributed by atoms with van der Waals surface area (Å²) in [4.78, 5) is 11.6. The largest absolute Gasteiger partial charge is 0.416 e. The van der Waals surface area contributed by atoms with Crippen molar-refractivity contribution in [3.63, 3.8) is 0 Å². The first-order valence-electron chi connectivity index (χ1n) is 6.03. The first kappa shape index (κ1) is 16.5. The number of benzene rings is 1. The number of nitrogens with one attached hydrogen (secondary N) is 1. The summed E-state index contributed by atoms with van der Waals surface area (Å²) in [5, 5.41) is 2.40. The maximum Gasteiger partial charge on any atom is 0.416 e. The zero-order valence-electron chi connectivity index (χ0n) is 11.0. The van der Waals surface area contributed by atoms with E-state index in [1.165, 1.54) is 25.3 Å². The maximum atomic E-state index is 12.7. The molecule has 3 N–H and O–H groups in total. The van der Waals surface area contributed by atoms with Crippen molar-refractivity contribution < 1.29 is 22.7 Å². The number of rotatable bonds is 6. The van der Waals surface area contributed by atoms with Crippen LogP contribution in [0.1, 0.15) is 17.5 Å². The molecule has 0 heterocycles. The molecule has 1 aromatic carbocycles. The minimum atomic E-state index is -4.44. The normalized spacial score (nSPS) is 13.1. The van der Waals surface area contributed by atoms with E-state index < -0.39 is 23.7 Å². The smallest absolute Gasteiger partial charge is 0.385 e. The van der Waals surface area contributed by atoms with E-state index in [-0.39, 0.29) is 12.1 Å². The van der Waals surface area contributed by atoms with Crippen molar-refractivity contribution >= 4 is 5.91 Å². The second-order valence-electron chi connectivity index (χ2n) is 4.26. The molecule has 0 aliphatic rings. The van der Waals surface area contributed by atoms with Gasteiger partial charge in [-0.1, -0.05) is 18.2 Å². The van der Waals surface area contributed by atoms with Gasteiger partial charge in [-0.2, -0.15) is 13.2 Å². The number of halogens is 3. The first-order valence-corrected chi connectivity index (χ1v) is 6.03. The van der Waals surface area contributed by atoms with Gasteiger partial charge >= 0.3 is 6.18 Å². The van der Waals surface area contributed by atoms with Crippen LogP contribution in [0.3, 0.4) is 0 Å². The summed E-state index contributed by atoms with van der Waals surface area (Å²) in [6.07, 6.45) is -4.14. The van der Waals surface area contributed by atoms with Crippen molar-refractivity contribution in [2.75, 3.05) is 13.7 Å². The Morgan fingerprint density at radius 3 is 2.65 bits per heavy atom. The number of alkyl halides is 3. The van der Waals surface area contributed by atoms with E-state index in [1.807, 2.05) is 0 Å². The fourth-order valence-corrected chi connectivity index (χ4v) is 1.64. The molecule has 0 aliphatic carbocycles. The van der Waals surface area contributed by atoms with Crippen LogP contribution in [0.2, 0.25) is 0 Å². The van der Waals surface area contributed by atoms with E-state index in [2.05, 4.69) is 5.32 Å². The fourth-order valence-electron chi connectivity index (χ4n) is 1.64. The topological polar surface area (TPSA) is 64.3 Å². The number of ether oxygens (including phenoxy) is 1. The van der Waals surface area contributed by atoms with Gasteiger partial charge in [0.1, 0.15) is 0 Å². The van der Waals surface area contributed by atoms with Gasteiger partial charge in [-0.3, -0.25) is 4.79 Å². The van der Waals surface area contributed by atoms with Gasteiger partial charge in [-0.15, -0.1) is 0 Å². The molecule has 4 nitrogen and oxygen atoms in total. The summed E-state index contributed by atoms with van der Waals surface area (Å²) < 4.78 is 43.0. The van der Waals surface area contributed by atoms with Crippen molar-refractivity contribution in [3.05, 3.63) is 35.4 Å². The zero-order chi connectivity index (χ0) is 15.2. The third-order valence-corrected chi connectivity index (χ3v) is 2.75. The molecule has 1 atom stereocenters. The predicted octanol–water partition coefficient (Wildman–Crippen LogP) is 1.69. The molecule has 0 spiro atoms. The number of carbonyl (C=O) groups excluding carboxylic acids is 1. The number of amides is 1. The highest BCUT2D eigenvalue weighted by Gasteiger charge is 2.32. The Balaban J connectivity index is 2.64. The van der Waals surface area contributed by atoms with Crippen LogP contribution < -0.4 is 11.1 Å². The monoisotopic (exact) mass is 290 g/mol. The molecule has 1 amide bonds. The molecule has 1 aromatic rings. The van der Waals surface area contributed by atoms with Crippen LogP contribution in [0.5, 0.6) is 0 Å². The van der Waals surface area contributed by atoms with Crippen molar-refractivity contribution in [2.45, 2.75) is 25.2 Å². The minimum Gasteiger partial charge on any atom is -0.385 e. The van der Waals surface area contributed by atoms with Gasteiger partial charge in [0.05, 0.1) is 11.6 Å². The molecule has 20 heavy (non-hydrogen) atoms. The molecule has 112 valence electrons. The molecule has 0 radical (unpaired) electrons. The molecule has 0 bridgehead atoms. The van der Waals surface area contributed by atoms with Crippen LogP contribution in [-0.2, 0) is 22.3 Å². The molecular formula is C13H17F3N2O2. The third-order valence-electron chi connectivity index (χ3n) is 2.75. The van der Waals surface area contributed by atoms with Crippen LogP contribution in [0.25, 0.3) is 0 Å². The second kappa shape index (κ2) is 7.25. The Labute approximate surface area is 115 Å². The Bertz CT molecular complexity index is 449. The molecule has 0 fully saturated rings. The zero-order valence-corrected chi connectivity index (χ0v) is 11.0. The number of hydrogen-bond acceptors (Lipinski definition) is 3. The molecule has 0 aromatic heterocycles. The Morgan fingerprint density at radius 1 is 1.40 bits per heavy atom. The summed E-state index contributed by atoms with van der Waals surface area (Å²) in [6.45, 7) is 0.100. The second-order valence-corrected chi connectivity index (χ2v) is 4.26. The van der Waals surface area contributed by atoms with Gasteiger partial charge in [-0.25, -0.2) is 0 Å². The fraction of sp³-hybridized carbons (Fsp3) is 0.462. The lowest BCUT2D eigenvalue weighted by molar-refractivity contribution is -0.138. The van der Waals surface area contributed by atoms with Crippen molar-refractivity contribution in [2.24, 2.45) is 5.73 Å². The lowest BCUT2D eigenvalue weighted by atomic mass is 10.1. The van der Waals surface area contributed by atoms with Crippen LogP contribution in [0, 0.1) is 0 Å². The van der Waals surface area contributed by atoms with E-state index in [0.717, 1.165) is 6.07 Å². The lowest BCUT2D eigenvalue weighted by Gasteiger charge is -2.15. The van der Waals surface area contributed by atoms with Crippen LogP contribution in [0.4, 0.5) is 13.2 Å². The van der Waals surface area contributed by atoms with Crippen molar-refractivity contribution in [1.29, 1.82) is 0 Å². The Morgan fingerprint density at radius 2 is 2.05 bits per heavy atom. The van der Waals surface area contributed by atoms with Crippen molar-refractivity contribution in [1.82, 2.24) is 5.32 Å². The summed E-state index contributed by atoms with van der Waals surface area (Å²) in [5.41, 5.74) is 4.83. The van der Waals surface area contributed by atoms with E-state index in [4.69, 9.17) is 10.5 Å². The van der Waals surface area contributed by atoms with Gasteiger partial charge < -0.3 is 15.8 Å². The highest BCUT2D eigenvalue weighted by atomic mass is 19.4. The van der Waals surface area contributed by atoms with Crippen molar-refractivity contribution in [3.8, 4) is 0 Å². The van der Waals surface area contributed by atoms with E-state index >= 15 is 0 Å². The van der Waals surface area contributed by atoms with Crippen LogP contribution in [-0.4, -0.2) is 25.7 Å². The average Bonchev–Trinajstić information content (AvgIpc) is 2.41. The lowest BCUT2D eigenvalue weighted by Crippen LogP contribution is -2.41. The van der Waals surface area contributed by atoms with E-state index in [1.54, 1.807) is 0 Å². The number of hydrogen-bond donors (Lipinski definition) is 2. The molecular weight excluding hydrogens is 273 g/mol. The summed E-state index contributed by atoms with van der Waals surface area (Å²) in [7, 11) is 1.48. The van der Waals surface area contributed by atoms with Crippen LogP contribution in [0.15, 0.2) is 24.3 Å². The standard InChI is InChI=1S/C13H17F3N2O2/c1-20-7-6-11(17)12(19)18-8-9-4-2-3-5-10(9)13(14,15)16/h2-5,11H,6-8,17H2,1H3,(H,18,19). The van der Waals surface area contributed by atoms with Gasteiger partial charge in [0.2, 0.25) is 5.91 Å². The summed E-state index contributed by atoms with van der Waals surface area (Å²) in [6, 6.07) is 4.30. The SMILES string of the molecule is COCCC(N)C(=O)NCc1ccccc1C(F)(F)F. The number of methoxy groups -OCH3 is 1. The van der Waals surface area contributed by atoms with Gasteiger partial charge in [-0.05, 0) is 18.1 Å². The Hall–Kier alpha value is -1.60. The minimum absolute atomic E-state index is 0.00675. The van der Waals surface area contributed by atoms with E-state index in [9.17, 15) is 18.0 Å². The molecule has 0 saturated carbocycles. The van der Waals surface area contributed by atoms with Gasteiger partial charge in [0, 0.05) is 20.3 Å². The molecule has 1 unspecified atom stereocenters. The van der Waals surface area contributed by atoms with Crippen LogP contribution >= 0.6 is 0 Å². The number of carbonyl (C=O) groups is 1. The van der Waals surface area contributed by atoms with Gasteiger partial charge in [0.15, 0.2) is 0 Å². The quantitative estimate of drug-likeness (QED) is 0.838. The molecule has 7 heteroatoms. The highest BCUT2D eigenvalue weighted by molar-refractivity contribution is 5.81. The molecule has 0 saturated heterocycles. The first-order chi connectivity index (χ1) is 9.36. The average molecular weight is 290 g/mol. The highest BCUT2D eigenvalue weighted by Crippen LogP contribution is 2.31. The summed E-state index contributed by atoms with van der Waals surface area (Å²) in [5.74, 6) is -0.501. The third kappa shape index (κ3) is 4.82. The number of nitrogens with two attached hydrogens (primary N) is 1. The molecule has 0 aliphatic heterocycles. The Kier molecular flexibility index (Phi) is 5.97. The predicted molar refractivity (Wildman–Crippen MR) is 67.8 cm³/mol. The van der Waals surface area contributed by atoms with Gasteiger partial charge in [0.25, 0.3) is 0 Å². The maximum absolute atomic E-state index is 12.7. The molecule has 1 rings (SSSR count). The van der Waals surface area contributed by atoms with E-state index in [0.29, 0.717) is 13.0 Å².